The minimum absolute atomic E-state index is 1.04. The average Bonchev–Trinajstić information content (AvgIpc) is 2.97. The van der Waals surface area contributed by atoms with Gasteiger partial charge >= 0.3 is 0 Å². The predicted octanol–water partition coefficient (Wildman–Crippen LogP) is 6.56. The maximum atomic E-state index is 4.69. The van der Waals surface area contributed by atoms with Crippen LogP contribution in [0.2, 0.25) is 0 Å². The van der Waals surface area contributed by atoms with E-state index in [-0.39, 0.29) is 0 Å². The molecule has 0 saturated carbocycles. The first-order chi connectivity index (χ1) is 11.6. The number of aryl methyl sites for hydroxylation is 3. The van der Waals surface area contributed by atoms with Crippen molar-refractivity contribution in [2.24, 2.45) is 0 Å². The number of rotatable bonds is 2. The minimum Gasteiger partial charge on any atom is -0.255 e. The number of thiophene rings is 1. The van der Waals surface area contributed by atoms with Crippen molar-refractivity contribution in [3.8, 4) is 21.7 Å². The highest BCUT2D eigenvalue weighted by Crippen LogP contribution is 2.35. The first kappa shape index (κ1) is 15.1. The van der Waals surface area contributed by atoms with Crippen LogP contribution in [-0.2, 0) is 0 Å². The van der Waals surface area contributed by atoms with E-state index in [1.165, 1.54) is 42.8 Å². The van der Waals surface area contributed by atoms with E-state index in [1.807, 2.05) is 6.20 Å². The highest BCUT2D eigenvalue weighted by Gasteiger charge is 2.08. The van der Waals surface area contributed by atoms with Gasteiger partial charge in [-0.2, -0.15) is 0 Å². The van der Waals surface area contributed by atoms with Gasteiger partial charge in [-0.15, -0.1) is 11.3 Å². The SMILES string of the molecule is Cc1ccc(-c2cc3cc(-c4cc(C)cc(C)c4)ncc3s2)cc1. The summed E-state index contributed by atoms with van der Waals surface area (Å²) >= 11 is 1.80. The lowest BCUT2D eigenvalue weighted by molar-refractivity contribution is 1.33. The third-order valence-corrected chi connectivity index (χ3v) is 5.39. The normalized spacial score (nSPS) is 11.1. The standard InChI is InChI=1S/C22H19NS/c1-14-4-6-17(7-5-14)21-12-19-11-20(23-13-22(19)24-21)18-9-15(2)8-16(3)10-18/h4-13H,1-3H3. The van der Waals surface area contributed by atoms with Gasteiger partial charge < -0.3 is 0 Å². The number of pyridine rings is 1. The first-order valence-electron chi connectivity index (χ1n) is 8.14. The summed E-state index contributed by atoms with van der Waals surface area (Å²) in [6.45, 7) is 6.39. The van der Waals surface area contributed by atoms with Crippen LogP contribution in [0.4, 0.5) is 0 Å². The molecule has 2 aromatic heterocycles. The maximum absolute atomic E-state index is 4.69. The van der Waals surface area contributed by atoms with E-state index >= 15 is 0 Å². The Balaban J connectivity index is 1.79. The van der Waals surface area contributed by atoms with Gasteiger partial charge in [-0.05, 0) is 56.0 Å². The third-order valence-electron chi connectivity index (χ3n) is 4.26. The summed E-state index contributed by atoms with van der Waals surface area (Å²) in [4.78, 5) is 5.99. The molecule has 4 aromatic rings. The van der Waals surface area contributed by atoms with Crippen molar-refractivity contribution in [2.45, 2.75) is 20.8 Å². The Hall–Kier alpha value is -2.45. The molecule has 0 fully saturated rings. The van der Waals surface area contributed by atoms with E-state index in [1.54, 1.807) is 11.3 Å². The van der Waals surface area contributed by atoms with Gasteiger partial charge in [0, 0.05) is 16.6 Å². The monoisotopic (exact) mass is 329 g/mol. The lowest BCUT2D eigenvalue weighted by Gasteiger charge is -2.04. The number of nitrogens with zero attached hydrogens (tertiary/aromatic N) is 1. The van der Waals surface area contributed by atoms with E-state index in [4.69, 9.17) is 4.98 Å². The molecule has 0 atom stereocenters. The van der Waals surface area contributed by atoms with Gasteiger partial charge in [0.05, 0.1) is 10.4 Å². The molecule has 0 amide bonds. The van der Waals surface area contributed by atoms with Crippen molar-refractivity contribution >= 4 is 21.4 Å². The van der Waals surface area contributed by atoms with E-state index < -0.39 is 0 Å². The Kier molecular flexibility index (Phi) is 3.70. The fourth-order valence-corrected chi connectivity index (χ4v) is 4.10. The van der Waals surface area contributed by atoms with Crippen LogP contribution in [0.15, 0.2) is 60.8 Å². The van der Waals surface area contributed by atoms with Gasteiger partial charge in [-0.25, -0.2) is 0 Å². The van der Waals surface area contributed by atoms with Crippen molar-refractivity contribution in [1.29, 1.82) is 0 Å². The second kappa shape index (κ2) is 5.88. The highest BCUT2D eigenvalue weighted by molar-refractivity contribution is 7.22. The van der Waals surface area contributed by atoms with Crippen LogP contribution < -0.4 is 0 Å². The quantitative estimate of drug-likeness (QED) is 0.406. The zero-order valence-corrected chi connectivity index (χ0v) is 14.9. The van der Waals surface area contributed by atoms with Gasteiger partial charge in [0.15, 0.2) is 0 Å². The average molecular weight is 329 g/mol. The van der Waals surface area contributed by atoms with Gasteiger partial charge in [-0.1, -0.05) is 47.0 Å². The van der Waals surface area contributed by atoms with Crippen LogP contribution >= 0.6 is 11.3 Å². The van der Waals surface area contributed by atoms with Crippen molar-refractivity contribution in [3.05, 3.63) is 77.5 Å². The van der Waals surface area contributed by atoms with Crippen LogP contribution in [0.3, 0.4) is 0 Å². The zero-order valence-electron chi connectivity index (χ0n) is 14.1. The Morgan fingerprint density at radius 1 is 0.708 bits per heavy atom. The molecule has 0 aliphatic rings. The number of hydrogen-bond donors (Lipinski definition) is 0. The van der Waals surface area contributed by atoms with Gasteiger partial charge in [0.2, 0.25) is 0 Å². The van der Waals surface area contributed by atoms with Gasteiger partial charge in [0.25, 0.3) is 0 Å². The Bertz CT molecular complexity index is 1010. The molecule has 24 heavy (non-hydrogen) atoms. The Morgan fingerprint density at radius 2 is 1.42 bits per heavy atom. The molecule has 1 nitrogen and oxygen atoms in total. The van der Waals surface area contributed by atoms with E-state index in [0.29, 0.717) is 0 Å². The Morgan fingerprint density at radius 3 is 2.12 bits per heavy atom. The summed E-state index contributed by atoms with van der Waals surface area (Å²) in [7, 11) is 0. The fourth-order valence-electron chi connectivity index (χ4n) is 3.09. The summed E-state index contributed by atoms with van der Waals surface area (Å²) in [5.74, 6) is 0. The molecular weight excluding hydrogens is 310 g/mol. The molecule has 0 bridgehead atoms. The topological polar surface area (TPSA) is 12.9 Å². The number of aromatic nitrogens is 1. The molecule has 0 N–H and O–H groups in total. The molecule has 0 saturated heterocycles. The largest absolute Gasteiger partial charge is 0.255 e. The lowest BCUT2D eigenvalue weighted by atomic mass is 10.0. The smallest absolute Gasteiger partial charge is 0.0709 e. The molecule has 2 heteroatoms. The molecule has 2 heterocycles. The van der Waals surface area contributed by atoms with Gasteiger partial charge in [-0.3, -0.25) is 4.98 Å². The van der Waals surface area contributed by atoms with Crippen molar-refractivity contribution in [3.63, 3.8) is 0 Å². The second-order valence-electron chi connectivity index (χ2n) is 6.46. The van der Waals surface area contributed by atoms with Crippen molar-refractivity contribution in [2.75, 3.05) is 0 Å². The summed E-state index contributed by atoms with van der Waals surface area (Å²) in [5.41, 5.74) is 7.35. The Labute approximate surface area is 146 Å². The van der Waals surface area contributed by atoms with Crippen LogP contribution in [0.5, 0.6) is 0 Å². The number of hydrogen-bond acceptors (Lipinski definition) is 2. The molecule has 0 aliphatic heterocycles. The van der Waals surface area contributed by atoms with E-state index in [9.17, 15) is 0 Å². The van der Waals surface area contributed by atoms with E-state index in [2.05, 4.69) is 75.4 Å². The molecule has 118 valence electrons. The van der Waals surface area contributed by atoms with Crippen LogP contribution in [0, 0.1) is 20.8 Å². The van der Waals surface area contributed by atoms with Crippen molar-refractivity contribution in [1.82, 2.24) is 4.98 Å². The molecule has 0 radical (unpaired) electrons. The zero-order chi connectivity index (χ0) is 16.7. The van der Waals surface area contributed by atoms with Gasteiger partial charge in [0.1, 0.15) is 0 Å². The second-order valence-corrected chi connectivity index (χ2v) is 7.54. The number of fused-ring (bicyclic) bond motifs is 1. The predicted molar refractivity (Wildman–Crippen MR) is 105 cm³/mol. The van der Waals surface area contributed by atoms with Crippen LogP contribution in [-0.4, -0.2) is 4.98 Å². The highest BCUT2D eigenvalue weighted by atomic mass is 32.1. The molecule has 2 aromatic carbocycles. The molecule has 4 rings (SSSR count). The van der Waals surface area contributed by atoms with Crippen molar-refractivity contribution < 1.29 is 0 Å². The molecular formula is C22H19NS. The first-order valence-corrected chi connectivity index (χ1v) is 8.95. The summed E-state index contributed by atoms with van der Waals surface area (Å²) in [5, 5.41) is 1.26. The fraction of sp³-hybridized carbons (Fsp3) is 0.136. The number of benzene rings is 2. The lowest BCUT2D eigenvalue weighted by Crippen LogP contribution is -1.85. The maximum Gasteiger partial charge on any atom is 0.0709 e. The van der Waals surface area contributed by atoms with Crippen LogP contribution in [0.25, 0.3) is 31.8 Å². The van der Waals surface area contributed by atoms with Crippen LogP contribution in [0.1, 0.15) is 16.7 Å². The molecule has 0 aliphatic carbocycles. The van der Waals surface area contributed by atoms with E-state index in [0.717, 1.165) is 5.69 Å². The molecule has 0 unspecified atom stereocenters. The minimum atomic E-state index is 1.04. The summed E-state index contributed by atoms with van der Waals surface area (Å²) < 4.78 is 1.23. The third kappa shape index (κ3) is 2.85. The summed E-state index contributed by atoms with van der Waals surface area (Å²) in [6, 6.07) is 19.8. The molecule has 0 spiro atoms. The summed E-state index contributed by atoms with van der Waals surface area (Å²) in [6.07, 6.45) is 2.00.